The van der Waals surface area contributed by atoms with Crippen molar-refractivity contribution in [3.05, 3.63) is 81.4 Å². The van der Waals surface area contributed by atoms with Gasteiger partial charge in [-0.15, -0.1) is 0 Å². The lowest BCUT2D eigenvalue weighted by atomic mass is 9.91. The van der Waals surface area contributed by atoms with Crippen LogP contribution in [0.1, 0.15) is 33.8 Å². The maximum absolute atomic E-state index is 12.3. The number of hydrogen-bond donors (Lipinski definition) is 0. The summed E-state index contributed by atoms with van der Waals surface area (Å²) in [7, 11) is 0. The van der Waals surface area contributed by atoms with Crippen LogP contribution in [0.4, 0.5) is 0 Å². The fourth-order valence-corrected chi connectivity index (χ4v) is 2.27. The molecule has 1 atom stereocenters. The van der Waals surface area contributed by atoms with Crippen LogP contribution in [0.25, 0.3) is 0 Å². The van der Waals surface area contributed by atoms with Crippen LogP contribution in [0.15, 0.2) is 54.6 Å². The van der Waals surface area contributed by atoms with Gasteiger partial charge in [-0.2, -0.15) is 0 Å². The van der Waals surface area contributed by atoms with Crippen LogP contribution in [0.3, 0.4) is 0 Å². The molecular weight excluding hydrogens is 266 g/mol. The quantitative estimate of drug-likeness (QED) is 0.462. The molecule has 2 rings (SSSR count). The highest BCUT2D eigenvalue weighted by Crippen LogP contribution is 2.22. The zero-order chi connectivity index (χ0) is 15.2. The first-order chi connectivity index (χ1) is 10.1. The van der Waals surface area contributed by atoms with Crippen molar-refractivity contribution in [1.29, 1.82) is 0 Å². The van der Waals surface area contributed by atoms with E-state index in [0.717, 1.165) is 11.1 Å². The zero-order valence-electron chi connectivity index (χ0n) is 11.9. The van der Waals surface area contributed by atoms with E-state index in [1.54, 1.807) is 12.1 Å². The van der Waals surface area contributed by atoms with Crippen molar-refractivity contribution in [1.82, 2.24) is 0 Å². The SMILES string of the molecule is Cc1ccc(C(=O)CC(C[N+](=O)[O-])c2ccccc2)cc1. The van der Waals surface area contributed by atoms with E-state index in [1.807, 2.05) is 49.4 Å². The molecule has 2 aromatic carbocycles. The topological polar surface area (TPSA) is 60.2 Å². The Kier molecular flexibility index (Phi) is 4.82. The van der Waals surface area contributed by atoms with Crippen LogP contribution in [-0.2, 0) is 0 Å². The molecule has 0 amide bonds. The Morgan fingerprint density at radius 2 is 1.71 bits per heavy atom. The first kappa shape index (κ1) is 14.9. The third-order valence-corrected chi connectivity index (χ3v) is 3.45. The van der Waals surface area contributed by atoms with Gasteiger partial charge in [0, 0.05) is 16.9 Å². The number of carbonyl (C=O) groups excluding carboxylic acids is 1. The minimum absolute atomic E-state index is 0.0642. The van der Waals surface area contributed by atoms with E-state index in [0.29, 0.717) is 5.56 Å². The summed E-state index contributed by atoms with van der Waals surface area (Å²) >= 11 is 0. The number of rotatable bonds is 6. The predicted molar refractivity (Wildman–Crippen MR) is 81.2 cm³/mol. The molecule has 0 heterocycles. The Labute approximate surface area is 123 Å². The fraction of sp³-hybridized carbons (Fsp3) is 0.235. The number of nitro groups is 1. The molecule has 21 heavy (non-hydrogen) atoms. The van der Waals surface area contributed by atoms with E-state index in [4.69, 9.17) is 0 Å². The van der Waals surface area contributed by atoms with Gasteiger partial charge in [0.2, 0.25) is 6.54 Å². The molecule has 0 radical (unpaired) electrons. The van der Waals surface area contributed by atoms with Gasteiger partial charge in [-0.25, -0.2) is 0 Å². The van der Waals surface area contributed by atoms with Gasteiger partial charge in [0.25, 0.3) is 0 Å². The Hall–Kier alpha value is -2.49. The molecule has 0 aliphatic heterocycles. The third kappa shape index (κ3) is 4.24. The molecule has 0 aliphatic rings. The van der Waals surface area contributed by atoms with E-state index in [9.17, 15) is 14.9 Å². The lowest BCUT2D eigenvalue weighted by molar-refractivity contribution is -0.483. The number of nitrogens with zero attached hydrogens (tertiary/aromatic N) is 1. The maximum atomic E-state index is 12.3. The summed E-state index contributed by atoms with van der Waals surface area (Å²) in [5.41, 5.74) is 2.51. The highest BCUT2D eigenvalue weighted by molar-refractivity contribution is 5.96. The Morgan fingerprint density at radius 1 is 1.10 bits per heavy atom. The first-order valence-electron chi connectivity index (χ1n) is 6.83. The van der Waals surface area contributed by atoms with Crippen molar-refractivity contribution in [3.8, 4) is 0 Å². The lowest BCUT2D eigenvalue weighted by Crippen LogP contribution is -2.16. The number of ketones is 1. The van der Waals surface area contributed by atoms with Gasteiger partial charge in [0.1, 0.15) is 0 Å². The van der Waals surface area contributed by atoms with Gasteiger partial charge in [0.05, 0.1) is 5.92 Å². The van der Waals surface area contributed by atoms with Crippen LogP contribution in [-0.4, -0.2) is 17.3 Å². The highest BCUT2D eigenvalue weighted by Gasteiger charge is 2.21. The maximum Gasteiger partial charge on any atom is 0.211 e. The average molecular weight is 283 g/mol. The van der Waals surface area contributed by atoms with Crippen LogP contribution < -0.4 is 0 Å². The summed E-state index contributed by atoms with van der Waals surface area (Å²) in [5, 5.41) is 10.8. The normalized spacial score (nSPS) is 11.9. The van der Waals surface area contributed by atoms with Crippen LogP contribution in [0.5, 0.6) is 0 Å². The number of aryl methyl sites for hydroxylation is 1. The standard InChI is InChI=1S/C17H17NO3/c1-13-7-9-15(10-8-13)17(19)11-16(12-18(20)21)14-5-3-2-4-6-14/h2-10,16H,11-12H2,1H3. The van der Waals surface area contributed by atoms with Crippen molar-refractivity contribution in [2.24, 2.45) is 0 Å². The monoisotopic (exact) mass is 283 g/mol. The minimum Gasteiger partial charge on any atom is -0.294 e. The predicted octanol–water partition coefficient (Wildman–Crippen LogP) is 3.63. The summed E-state index contributed by atoms with van der Waals surface area (Å²) in [5.74, 6) is -0.458. The molecule has 0 bridgehead atoms. The molecular formula is C17H17NO3. The molecule has 4 heteroatoms. The number of carbonyl (C=O) groups is 1. The fourth-order valence-electron chi connectivity index (χ4n) is 2.27. The molecule has 0 saturated heterocycles. The lowest BCUT2D eigenvalue weighted by Gasteiger charge is -2.12. The summed E-state index contributed by atoms with van der Waals surface area (Å²) in [6.07, 6.45) is 0.147. The van der Waals surface area contributed by atoms with Gasteiger partial charge in [-0.3, -0.25) is 14.9 Å². The van der Waals surface area contributed by atoms with E-state index in [-0.39, 0.29) is 23.7 Å². The van der Waals surface area contributed by atoms with E-state index in [1.165, 1.54) is 0 Å². The number of benzene rings is 2. The van der Waals surface area contributed by atoms with Crippen molar-refractivity contribution < 1.29 is 9.72 Å². The average Bonchev–Trinajstić information content (AvgIpc) is 2.47. The van der Waals surface area contributed by atoms with Crippen molar-refractivity contribution >= 4 is 5.78 Å². The summed E-state index contributed by atoms with van der Waals surface area (Å²) in [6, 6.07) is 16.5. The largest absolute Gasteiger partial charge is 0.294 e. The minimum atomic E-state index is -0.394. The van der Waals surface area contributed by atoms with Gasteiger partial charge >= 0.3 is 0 Å². The molecule has 0 aromatic heterocycles. The molecule has 2 aromatic rings. The van der Waals surface area contributed by atoms with Crippen LogP contribution >= 0.6 is 0 Å². The van der Waals surface area contributed by atoms with Crippen LogP contribution in [0, 0.1) is 17.0 Å². The third-order valence-electron chi connectivity index (χ3n) is 3.45. The Bertz CT molecular complexity index is 620. The van der Waals surface area contributed by atoms with E-state index < -0.39 is 5.92 Å². The Balaban J connectivity index is 2.17. The second-order valence-electron chi connectivity index (χ2n) is 5.12. The van der Waals surface area contributed by atoms with Gasteiger partial charge < -0.3 is 0 Å². The molecule has 0 saturated carbocycles. The van der Waals surface area contributed by atoms with Gasteiger partial charge in [-0.1, -0.05) is 60.2 Å². The van der Waals surface area contributed by atoms with Gasteiger partial charge in [0.15, 0.2) is 5.78 Å². The number of hydrogen-bond acceptors (Lipinski definition) is 3. The van der Waals surface area contributed by atoms with Crippen molar-refractivity contribution in [2.75, 3.05) is 6.54 Å². The van der Waals surface area contributed by atoms with Gasteiger partial charge in [-0.05, 0) is 12.5 Å². The number of Topliss-reactive ketones (excluding diaryl/α,β-unsaturated/α-hetero) is 1. The Morgan fingerprint density at radius 3 is 2.29 bits per heavy atom. The van der Waals surface area contributed by atoms with E-state index >= 15 is 0 Å². The summed E-state index contributed by atoms with van der Waals surface area (Å²) in [6.45, 7) is 1.72. The second kappa shape index (κ2) is 6.79. The van der Waals surface area contributed by atoms with Crippen molar-refractivity contribution in [3.63, 3.8) is 0 Å². The molecule has 0 N–H and O–H groups in total. The van der Waals surface area contributed by atoms with Crippen LogP contribution in [0.2, 0.25) is 0 Å². The molecule has 4 nitrogen and oxygen atoms in total. The smallest absolute Gasteiger partial charge is 0.211 e. The first-order valence-corrected chi connectivity index (χ1v) is 6.83. The zero-order valence-corrected chi connectivity index (χ0v) is 11.9. The van der Waals surface area contributed by atoms with Crippen molar-refractivity contribution in [2.45, 2.75) is 19.3 Å². The molecule has 0 spiro atoms. The second-order valence-corrected chi connectivity index (χ2v) is 5.12. The molecule has 108 valence electrons. The molecule has 0 aliphatic carbocycles. The summed E-state index contributed by atoms with van der Waals surface area (Å²) < 4.78 is 0. The highest BCUT2D eigenvalue weighted by atomic mass is 16.6. The van der Waals surface area contributed by atoms with E-state index in [2.05, 4.69) is 0 Å². The molecule has 1 unspecified atom stereocenters. The summed E-state index contributed by atoms with van der Waals surface area (Å²) in [4.78, 5) is 22.8. The molecule has 0 fully saturated rings.